The van der Waals surface area contributed by atoms with Gasteiger partial charge < -0.3 is 9.94 Å². The Hall–Kier alpha value is -3.28. The van der Waals surface area contributed by atoms with E-state index in [0.717, 1.165) is 12.1 Å². The molecule has 3 rings (SSSR count). The van der Waals surface area contributed by atoms with Crippen LogP contribution in [0.3, 0.4) is 0 Å². The number of benzene rings is 2. The van der Waals surface area contributed by atoms with Crippen LogP contribution in [0.15, 0.2) is 56.7 Å². The third-order valence-corrected chi connectivity index (χ3v) is 4.65. The maximum Gasteiger partial charge on any atom is 0.573 e. The average molecular weight is 502 g/mol. The van der Waals surface area contributed by atoms with Crippen LogP contribution in [0.2, 0.25) is 0 Å². The van der Waals surface area contributed by atoms with Gasteiger partial charge in [0.15, 0.2) is 11.5 Å². The summed E-state index contributed by atoms with van der Waals surface area (Å²) >= 11 is 3.06. The van der Waals surface area contributed by atoms with Gasteiger partial charge in [0.05, 0.1) is 10.9 Å². The number of ketones is 1. The molecule has 31 heavy (non-hydrogen) atoms. The van der Waals surface area contributed by atoms with Crippen molar-refractivity contribution < 1.29 is 36.9 Å². The lowest BCUT2D eigenvalue weighted by atomic mass is 10.0. The molecular formula is C19H12BrF4N3O4. The van der Waals surface area contributed by atoms with Crippen molar-refractivity contribution in [3.8, 4) is 5.75 Å². The zero-order valence-corrected chi connectivity index (χ0v) is 16.9. The van der Waals surface area contributed by atoms with E-state index in [2.05, 4.69) is 40.8 Å². The summed E-state index contributed by atoms with van der Waals surface area (Å²) in [6.45, 7) is 0. The van der Waals surface area contributed by atoms with E-state index < -0.39 is 23.7 Å². The highest BCUT2D eigenvalue weighted by Gasteiger charge is 2.31. The van der Waals surface area contributed by atoms with Gasteiger partial charge in [-0.1, -0.05) is 16.4 Å². The van der Waals surface area contributed by atoms with E-state index >= 15 is 0 Å². The van der Waals surface area contributed by atoms with Gasteiger partial charge in [0.2, 0.25) is 0 Å². The van der Waals surface area contributed by atoms with Crippen LogP contribution in [0.5, 0.6) is 5.75 Å². The third-order valence-electron chi connectivity index (χ3n) is 4.04. The minimum absolute atomic E-state index is 0.0216. The Labute approximate surface area is 180 Å². The van der Waals surface area contributed by atoms with E-state index in [9.17, 15) is 27.6 Å². The predicted octanol–water partition coefficient (Wildman–Crippen LogP) is 4.72. The lowest BCUT2D eigenvalue weighted by molar-refractivity contribution is -0.274. The summed E-state index contributed by atoms with van der Waals surface area (Å²) in [5, 5.41) is 19.9. The van der Waals surface area contributed by atoms with Gasteiger partial charge in [0.25, 0.3) is 0 Å². The Kier molecular flexibility index (Phi) is 6.68. The molecular weight excluding hydrogens is 490 g/mol. The van der Waals surface area contributed by atoms with Crippen LogP contribution in [0, 0.1) is 5.82 Å². The number of carbonyl (C=O) groups excluding carboxylic acids is 1. The first-order valence-electron chi connectivity index (χ1n) is 8.52. The fourth-order valence-electron chi connectivity index (χ4n) is 2.65. The van der Waals surface area contributed by atoms with Gasteiger partial charge in [-0.05, 0) is 63.0 Å². The van der Waals surface area contributed by atoms with Gasteiger partial charge in [0, 0.05) is 12.0 Å². The molecule has 2 aromatic carbocycles. The van der Waals surface area contributed by atoms with Crippen LogP contribution in [-0.4, -0.2) is 33.4 Å². The van der Waals surface area contributed by atoms with Crippen molar-refractivity contribution in [1.82, 2.24) is 10.3 Å². The molecule has 1 N–H and O–H groups in total. The Morgan fingerprint density at radius 3 is 2.45 bits per heavy atom. The number of rotatable bonds is 7. The number of alkyl halides is 3. The maximum absolute atomic E-state index is 13.4. The van der Waals surface area contributed by atoms with Crippen molar-refractivity contribution in [3.05, 3.63) is 75.3 Å². The average Bonchev–Trinajstić information content (AvgIpc) is 3.16. The van der Waals surface area contributed by atoms with Crippen LogP contribution in [0.1, 0.15) is 27.3 Å². The molecule has 0 atom stereocenters. The Morgan fingerprint density at radius 1 is 1.13 bits per heavy atom. The SMILES string of the molecule is O=C(Cc1nonc1C(Cc1ccc(F)c(Br)c1)=NO)c1ccc(OC(F)(F)F)cc1. The van der Waals surface area contributed by atoms with Crippen LogP contribution >= 0.6 is 15.9 Å². The lowest BCUT2D eigenvalue weighted by Gasteiger charge is -2.09. The number of Topliss-reactive ketones (excluding diaryl/α,β-unsaturated/α-hetero) is 1. The van der Waals surface area contributed by atoms with Gasteiger partial charge in [-0.2, -0.15) is 0 Å². The number of halogens is 5. The molecule has 0 unspecified atom stereocenters. The van der Waals surface area contributed by atoms with Crippen molar-refractivity contribution >= 4 is 27.4 Å². The molecule has 1 aromatic heterocycles. The second-order valence-electron chi connectivity index (χ2n) is 6.20. The van der Waals surface area contributed by atoms with Crippen molar-refractivity contribution in [3.63, 3.8) is 0 Å². The molecule has 0 amide bonds. The summed E-state index contributed by atoms with van der Waals surface area (Å²) in [5.41, 5.74) is 0.800. The first-order chi connectivity index (χ1) is 14.7. The van der Waals surface area contributed by atoms with E-state index in [1.165, 1.54) is 30.3 Å². The Morgan fingerprint density at radius 2 is 1.84 bits per heavy atom. The molecule has 0 aliphatic rings. The summed E-state index contributed by atoms with van der Waals surface area (Å²) in [4.78, 5) is 12.5. The molecule has 0 fully saturated rings. The summed E-state index contributed by atoms with van der Waals surface area (Å²) < 4.78 is 58.7. The smallest absolute Gasteiger partial charge is 0.411 e. The van der Waals surface area contributed by atoms with E-state index in [4.69, 9.17) is 0 Å². The summed E-state index contributed by atoms with van der Waals surface area (Å²) in [6.07, 6.45) is -5.12. The van der Waals surface area contributed by atoms with Crippen LogP contribution < -0.4 is 4.74 Å². The van der Waals surface area contributed by atoms with Crippen molar-refractivity contribution in [2.24, 2.45) is 5.16 Å². The van der Waals surface area contributed by atoms with E-state index in [1.807, 2.05) is 0 Å². The normalized spacial score (nSPS) is 12.1. The third kappa shape index (κ3) is 5.87. The highest BCUT2D eigenvalue weighted by Crippen LogP contribution is 2.23. The molecule has 0 aliphatic carbocycles. The van der Waals surface area contributed by atoms with Gasteiger partial charge >= 0.3 is 6.36 Å². The summed E-state index contributed by atoms with van der Waals surface area (Å²) in [6, 6.07) is 8.57. The first-order valence-corrected chi connectivity index (χ1v) is 9.31. The zero-order valence-electron chi connectivity index (χ0n) is 15.4. The lowest BCUT2D eigenvalue weighted by Crippen LogP contribution is -2.17. The minimum atomic E-state index is -4.84. The summed E-state index contributed by atoms with van der Waals surface area (Å²) in [7, 11) is 0. The number of hydrogen-bond acceptors (Lipinski definition) is 7. The first kappa shape index (κ1) is 22.4. The number of nitrogens with zero attached hydrogens (tertiary/aromatic N) is 3. The van der Waals surface area contributed by atoms with E-state index in [0.29, 0.717) is 5.56 Å². The zero-order chi connectivity index (χ0) is 22.6. The van der Waals surface area contributed by atoms with Crippen LogP contribution in [0.25, 0.3) is 0 Å². The number of hydrogen-bond donors (Lipinski definition) is 1. The molecule has 12 heteroatoms. The molecule has 0 saturated heterocycles. The molecule has 0 aliphatic heterocycles. The largest absolute Gasteiger partial charge is 0.573 e. The second-order valence-corrected chi connectivity index (χ2v) is 7.06. The molecule has 0 saturated carbocycles. The van der Waals surface area contributed by atoms with E-state index in [-0.39, 0.29) is 40.0 Å². The minimum Gasteiger partial charge on any atom is -0.411 e. The number of carbonyl (C=O) groups is 1. The number of aromatic nitrogens is 2. The molecule has 162 valence electrons. The van der Waals surface area contributed by atoms with Gasteiger partial charge in [0.1, 0.15) is 23.0 Å². The predicted molar refractivity (Wildman–Crippen MR) is 102 cm³/mol. The van der Waals surface area contributed by atoms with Crippen LogP contribution in [-0.2, 0) is 12.8 Å². The molecule has 3 aromatic rings. The molecule has 1 heterocycles. The topological polar surface area (TPSA) is 97.8 Å². The highest BCUT2D eigenvalue weighted by molar-refractivity contribution is 9.10. The van der Waals surface area contributed by atoms with Crippen molar-refractivity contribution in [1.29, 1.82) is 0 Å². The second kappa shape index (κ2) is 9.25. The fourth-order valence-corrected chi connectivity index (χ4v) is 3.07. The highest BCUT2D eigenvalue weighted by atomic mass is 79.9. The Bertz CT molecular complexity index is 1110. The fraction of sp³-hybridized carbons (Fsp3) is 0.158. The summed E-state index contributed by atoms with van der Waals surface area (Å²) in [5.74, 6) is -1.42. The Balaban J connectivity index is 1.74. The van der Waals surface area contributed by atoms with Crippen molar-refractivity contribution in [2.45, 2.75) is 19.2 Å². The van der Waals surface area contributed by atoms with Crippen LogP contribution in [0.4, 0.5) is 17.6 Å². The molecule has 7 nitrogen and oxygen atoms in total. The quantitative estimate of drug-likeness (QED) is 0.165. The van der Waals surface area contributed by atoms with Gasteiger partial charge in [-0.15, -0.1) is 13.2 Å². The molecule has 0 spiro atoms. The maximum atomic E-state index is 13.4. The standard InChI is InChI=1S/C19H12BrF4N3O4/c20-13-7-10(1-6-14(13)21)8-15(25-29)18-16(26-31-27-18)9-17(28)11-2-4-12(5-3-11)30-19(22,23)24/h1-7,29H,8-9H2. The molecule has 0 bridgehead atoms. The molecule has 0 radical (unpaired) electrons. The monoisotopic (exact) mass is 501 g/mol. The van der Waals surface area contributed by atoms with E-state index in [1.54, 1.807) is 0 Å². The van der Waals surface area contributed by atoms with Gasteiger partial charge in [-0.25, -0.2) is 9.02 Å². The number of ether oxygens (including phenoxy) is 1. The van der Waals surface area contributed by atoms with Crippen molar-refractivity contribution in [2.75, 3.05) is 0 Å². The number of oxime groups is 1. The van der Waals surface area contributed by atoms with Gasteiger partial charge in [-0.3, -0.25) is 4.79 Å².